The summed E-state index contributed by atoms with van der Waals surface area (Å²) < 4.78 is 32.1. The molecule has 1 saturated heterocycles. The van der Waals surface area contributed by atoms with Gasteiger partial charge < -0.3 is 15.4 Å². The Hall–Kier alpha value is -1.05. The Morgan fingerprint density at radius 1 is 1.35 bits per heavy atom. The first-order valence-electron chi connectivity index (χ1n) is 6.33. The first kappa shape index (κ1) is 15.3. The van der Waals surface area contributed by atoms with E-state index in [1.54, 1.807) is 0 Å². The lowest BCUT2D eigenvalue weighted by Gasteiger charge is -2.22. The van der Waals surface area contributed by atoms with Gasteiger partial charge in [0.15, 0.2) is 0 Å². The summed E-state index contributed by atoms with van der Waals surface area (Å²) >= 11 is 2.94. The molecule has 1 heterocycles. The number of benzene rings is 1. The summed E-state index contributed by atoms with van der Waals surface area (Å²) in [5, 5.41) is 5.56. The Morgan fingerprint density at radius 3 is 2.75 bits per heavy atom. The second-order valence-corrected chi connectivity index (χ2v) is 5.41. The molecule has 1 fully saturated rings. The van der Waals surface area contributed by atoms with Crippen LogP contribution in [0.5, 0.6) is 0 Å². The van der Waals surface area contributed by atoms with Gasteiger partial charge in [0.05, 0.1) is 16.3 Å². The van der Waals surface area contributed by atoms with Gasteiger partial charge in [0.25, 0.3) is 0 Å². The summed E-state index contributed by atoms with van der Waals surface area (Å²) in [5.74, 6) is -1.99. The largest absolute Gasteiger partial charge is 0.368 e. The zero-order valence-corrected chi connectivity index (χ0v) is 12.3. The van der Waals surface area contributed by atoms with Crippen molar-refractivity contribution in [2.45, 2.75) is 18.9 Å². The van der Waals surface area contributed by atoms with E-state index >= 15 is 0 Å². The number of carbonyl (C=O) groups is 1. The summed E-state index contributed by atoms with van der Waals surface area (Å²) in [6.07, 6.45) is 1.75. The lowest BCUT2D eigenvalue weighted by atomic mass is 10.1. The monoisotopic (exact) mass is 348 g/mol. The predicted molar refractivity (Wildman–Crippen MR) is 74.5 cm³/mol. The maximum absolute atomic E-state index is 13.5. The Bertz CT molecular complexity index is 494. The molecule has 0 saturated carbocycles. The number of anilines is 1. The number of hydrogen-bond acceptors (Lipinski definition) is 3. The van der Waals surface area contributed by atoms with E-state index in [0.717, 1.165) is 25.9 Å². The molecule has 20 heavy (non-hydrogen) atoms. The average Bonchev–Trinajstić information content (AvgIpc) is 2.44. The van der Waals surface area contributed by atoms with Crippen LogP contribution in [0.3, 0.4) is 0 Å². The van der Waals surface area contributed by atoms with Gasteiger partial charge >= 0.3 is 0 Å². The molecule has 0 bridgehead atoms. The molecule has 110 valence electrons. The minimum absolute atomic E-state index is 0.0480. The van der Waals surface area contributed by atoms with Crippen LogP contribution in [0.2, 0.25) is 0 Å². The highest BCUT2D eigenvalue weighted by Gasteiger charge is 2.16. The van der Waals surface area contributed by atoms with Crippen LogP contribution in [0.25, 0.3) is 0 Å². The predicted octanol–water partition coefficient (Wildman–Crippen LogP) is 2.43. The molecule has 2 rings (SSSR count). The Labute approximate surface area is 124 Å². The van der Waals surface area contributed by atoms with Crippen molar-refractivity contribution in [1.82, 2.24) is 5.32 Å². The Morgan fingerprint density at radius 2 is 2.05 bits per heavy atom. The van der Waals surface area contributed by atoms with Crippen LogP contribution in [0.4, 0.5) is 14.5 Å². The van der Waals surface area contributed by atoms with Gasteiger partial charge in [-0.25, -0.2) is 8.78 Å². The molecule has 0 radical (unpaired) electrons. The van der Waals surface area contributed by atoms with Crippen LogP contribution in [0.15, 0.2) is 16.6 Å². The van der Waals surface area contributed by atoms with Crippen molar-refractivity contribution in [1.29, 1.82) is 0 Å². The summed E-state index contributed by atoms with van der Waals surface area (Å²) in [5.41, 5.74) is -0.0721. The number of piperidine rings is 1. The van der Waals surface area contributed by atoms with Gasteiger partial charge in [-0.2, -0.15) is 0 Å². The SMILES string of the molecule is O=C(COC1CCNCC1)Nc1cc(Br)c(F)cc1F. The molecule has 2 N–H and O–H groups in total. The van der Waals surface area contributed by atoms with Gasteiger partial charge in [0.2, 0.25) is 5.91 Å². The normalized spacial score (nSPS) is 16.1. The fourth-order valence-corrected chi connectivity index (χ4v) is 2.30. The van der Waals surface area contributed by atoms with Crippen LogP contribution < -0.4 is 10.6 Å². The number of hydrogen-bond donors (Lipinski definition) is 2. The van der Waals surface area contributed by atoms with E-state index in [-0.39, 0.29) is 22.9 Å². The summed E-state index contributed by atoms with van der Waals surface area (Å²) in [6.45, 7) is 1.59. The average molecular weight is 349 g/mol. The molecule has 1 aliphatic rings. The molecule has 7 heteroatoms. The van der Waals surface area contributed by atoms with Gasteiger partial charge in [-0.05, 0) is 47.9 Å². The standard InChI is InChI=1S/C13H15BrF2N2O2/c14-9-5-12(11(16)6-10(9)15)18-13(19)7-20-8-1-3-17-4-2-8/h5-6,8,17H,1-4,7H2,(H,18,19). The second-order valence-electron chi connectivity index (χ2n) is 4.55. The maximum Gasteiger partial charge on any atom is 0.250 e. The summed E-state index contributed by atoms with van der Waals surface area (Å²) in [4.78, 5) is 11.7. The van der Waals surface area contributed by atoms with Crippen molar-refractivity contribution >= 4 is 27.5 Å². The van der Waals surface area contributed by atoms with Crippen molar-refractivity contribution in [2.24, 2.45) is 0 Å². The fourth-order valence-electron chi connectivity index (χ4n) is 1.96. The number of ether oxygens (including phenoxy) is 1. The van der Waals surface area contributed by atoms with E-state index < -0.39 is 17.5 Å². The van der Waals surface area contributed by atoms with E-state index in [4.69, 9.17) is 4.74 Å². The minimum Gasteiger partial charge on any atom is -0.368 e. The van der Waals surface area contributed by atoms with Gasteiger partial charge in [-0.3, -0.25) is 4.79 Å². The number of halogens is 3. The van der Waals surface area contributed by atoms with Crippen LogP contribution in [-0.4, -0.2) is 31.7 Å². The third-order valence-corrected chi connectivity index (χ3v) is 3.63. The molecule has 1 aliphatic heterocycles. The van der Waals surface area contributed by atoms with E-state index in [1.165, 1.54) is 6.07 Å². The third-order valence-electron chi connectivity index (χ3n) is 3.02. The lowest BCUT2D eigenvalue weighted by molar-refractivity contribution is -0.123. The number of nitrogens with one attached hydrogen (secondary N) is 2. The topological polar surface area (TPSA) is 50.4 Å². The van der Waals surface area contributed by atoms with E-state index in [1.807, 2.05) is 0 Å². The van der Waals surface area contributed by atoms with E-state index in [0.29, 0.717) is 6.07 Å². The van der Waals surface area contributed by atoms with Crippen LogP contribution in [0, 0.1) is 11.6 Å². The van der Waals surface area contributed by atoms with Gasteiger partial charge in [-0.1, -0.05) is 0 Å². The molecule has 0 unspecified atom stereocenters. The summed E-state index contributed by atoms with van der Waals surface area (Å²) in [7, 11) is 0. The highest BCUT2D eigenvalue weighted by atomic mass is 79.9. The maximum atomic E-state index is 13.5. The quantitative estimate of drug-likeness (QED) is 0.821. The van der Waals surface area contributed by atoms with Crippen molar-refractivity contribution in [3.63, 3.8) is 0 Å². The summed E-state index contributed by atoms with van der Waals surface area (Å²) in [6, 6.07) is 1.90. The molecule has 1 aromatic rings. The Balaban J connectivity index is 1.86. The van der Waals surface area contributed by atoms with E-state index in [2.05, 4.69) is 26.6 Å². The van der Waals surface area contributed by atoms with E-state index in [9.17, 15) is 13.6 Å². The second kappa shape index (κ2) is 7.10. The zero-order chi connectivity index (χ0) is 14.5. The molecule has 0 aromatic heterocycles. The minimum atomic E-state index is -0.819. The first-order valence-corrected chi connectivity index (χ1v) is 7.12. The number of carbonyl (C=O) groups excluding carboxylic acids is 1. The van der Waals surface area contributed by atoms with Crippen molar-refractivity contribution in [3.05, 3.63) is 28.2 Å². The molecular formula is C13H15BrF2N2O2. The van der Waals surface area contributed by atoms with Crippen LogP contribution in [-0.2, 0) is 9.53 Å². The molecule has 0 spiro atoms. The molecule has 0 aliphatic carbocycles. The number of amides is 1. The fraction of sp³-hybridized carbons (Fsp3) is 0.462. The number of rotatable bonds is 4. The van der Waals surface area contributed by atoms with Crippen LogP contribution in [0.1, 0.15) is 12.8 Å². The first-order chi connectivity index (χ1) is 9.56. The Kier molecular flexibility index (Phi) is 5.45. The molecule has 0 atom stereocenters. The van der Waals surface area contributed by atoms with Crippen molar-refractivity contribution in [3.8, 4) is 0 Å². The van der Waals surface area contributed by atoms with Crippen molar-refractivity contribution < 1.29 is 18.3 Å². The molecule has 1 amide bonds. The molecule has 4 nitrogen and oxygen atoms in total. The van der Waals surface area contributed by atoms with Gasteiger partial charge in [0.1, 0.15) is 18.2 Å². The van der Waals surface area contributed by atoms with Gasteiger partial charge in [0, 0.05) is 6.07 Å². The van der Waals surface area contributed by atoms with Crippen LogP contribution >= 0.6 is 15.9 Å². The van der Waals surface area contributed by atoms with Gasteiger partial charge in [-0.15, -0.1) is 0 Å². The third kappa shape index (κ3) is 4.22. The smallest absolute Gasteiger partial charge is 0.250 e. The zero-order valence-electron chi connectivity index (χ0n) is 10.7. The van der Waals surface area contributed by atoms with Crippen molar-refractivity contribution in [2.75, 3.05) is 25.0 Å². The lowest BCUT2D eigenvalue weighted by Crippen LogP contribution is -2.34. The molecular weight excluding hydrogens is 334 g/mol. The molecule has 1 aromatic carbocycles. The highest BCUT2D eigenvalue weighted by Crippen LogP contribution is 2.23. The highest BCUT2D eigenvalue weighted by molar-refractivity contribution is 9.10.